The maximum absolute atomic E-state index is 5.77. The second-order valence-corrected chi connectivity index (χ2v) is 7.90. The van der Waals surface area contributed by atoms with E-state index >= 15 is 0 Å². The summed E-state index contributed by atoms with van der Waals surface area (Å²) in [6, 6.07) is 0. The van der Waals surface area contributed by atoms with Gasteiger partial charge in [-0.05, 0) is 13.8 Å². The van der Waals surface area contributed by atoms with Gasteiger partial charge < -0.3 is 15.4 Å². The molecule has 1 aromatic rings. The molecule has 1 fully saturated rings. The quantitative estimate of drug-likeness (QED) is 0.919. The average Bonchev–Trinajstić information content (AvgIpc) is 2.71. The number of aromatic nitrogens is 1. The number of hydrogen-bond donors (Lipinski definition) is 1. The third-order valence-electron chi connectivity index (χ3n) is 2.93. The molecule has 1 aromatic heterocycles. The van der Waals surface area contributed by atoms with Crippen LogP contribution in [0.25, 0.3) is 0 Å². The molecular formula is C12H21N3OS2. The van der Waals surface area contributed by atoms with Crippen molar-refractivity contribution in [3.63, 3.8) is 0 Å². The number of hydrogen-bond acceptors (Lipinski definition) is 6. The van der Waals surface area contributed by atoms with E-state index in [9.17, 15) is 0 Å². The number of anilines is 1. The summed E-state index contributed by atoms with van der Waals surface area (Å²) in [5.41, 5.74) is 6.77. The molecule has 6 heteroatoms. The van der Waals surface area contributed by atoms with Crippen LogP contribution in [0.3, 0.4) is 0 Å². The summed E-state index contributed by atoms with van der Waals surface area (Å²) < 4.78 is 5.48. The van der Waals surface area contributed by atoms with Gasteiger partial charge in [-0.3, -0.25) is 0 Å². The van der Waals surface area contributed by atoms with Crippen molar-refractivity contribution < 1.29 is 4.74 Å². The number of thioether (sulfide) groups is 1. The Kier molecular flexibility index (Phi) is 4.53. The van der Waals surface area contributed by atoms with Gasteiger partial charge in [-0.2, -0.15) is 11.8 Å². The van der Waals surface area contributed by atoms with Crippen molar-refractivity contribution in [2.75, 3.05) is 30.9 Å². The third kappa shape index (κ3) is 3.17. The van der Waals surface area contributed by atoms with Gasteiger partial charge in [-0.1, -0.05) is 0 Å². The highest BCUT2D eigenvalue weighted by atomic mass is 32.2. The topological polar surface area (TPSA) is 51.4 Å². The van der Waals surface area contributed by atoms with Crippen molar-refractivity contribution in [1.82, 2.24) is 4.98 Å². The molecule has 1 aliphatic heterocycles. The predicted molar refractivity (Wildman–Crippen MR) is 79.5 cm³/mol. The zero-order valence-electron chi connectivity index (χ0n) is 11.2. The number of thiazole rings is 1. The molecule has 4 nitrogen and oxygen atoms in total. The van der Waals surface area contributed by atoms with E-state index < -0.39 is 0 Å². The molecule has 2 heterocycles. The zero-order valence-corrected chi connectivity index (χ0v) is 12.9. The maximum atomic E-state index is 5.77. The molecule has 102 valence electrons. The Morgan fingerprint density at radius 2 is 2.28 bits per heavy atom. The smallest absolute Gasteiger partial charge is 0.185 e. The molecule has 2 rings (SSSR count). The Morgan fingerprint density at radius 1 is 1.50 bits per heavy atom. The third-order valence-corrected chi connectivity index (χ3v) is 5.41. The lowest BCUT2D eigenvalue weighted by atomic mass is 10.2. The van der Waals surface area contributed by atoms with Crippen molar-refractivity contribution in [2.24, 2.45) is 5.73 Å². The van der Waals surface area contributed by atoms with Gasteiger partial charge in [0.05, 0.1) is 12.3 Å². The standard InChI is InChI=1S/C12H21N3OS2/c1-12(2)8-15(4-5-17-12)11-14-9(7-16-3)10(6-13)18-11/h4-8,13H2,1-3H3. The van der Waals surface area contributed by atoms with E-state index in [1.807, 2.05) is 11.8 Å². The molecule has 0 radical (unpaired) electrons. The molecule has 0 saturated carbocycles. The molecule has 1 saturated heterocycles. The number of methoxy groups -OCH3 is 1. The highest BCUT2D eigenvalue weighted by Crippen LogP contribution is 2.34. The van der Waals surface area contributed by atoms with Crippen LogP contribution >= 0.6 is 23.1 Å². The van der Waals surface area contributed by atoms with Crippen molar-refractivity contribution in [3.8, 4) is 0 Å². The predicted octanol–water partition coefficient (Wildman–Crippen LogP) is 2.08. The Bertz CT molecular complexity index is 406. The van der Waals surface area contributed by atoms with Gasteiger partial charge in [-0.15, -0.1) is 11.3 Å². The van der Waals surface area contributed by atoms with Gasteiger partial charge in [0.1, 0.15) is 0 Å². The second-order valence-electron chi connectivity index (χ2n) is 5.03. The fourth-order valence-corrected chi connectivity index (χ4v) is 4.17. The first-order valence-electron chi connectivity index (χ1n) is 6.12. The van der Waals surface area contributed by atoms with E-state index in [2.05, 4.69) is 18.7 Å². The SMILES string of the molecule is COCc1nc(N2CCSC(C)(C)C2)sc1CN. The summed E-state index contributed by atoms with van der Waals surface area (Å²) in [7, 11) is 1.69. The minimum atomic E-state index is 0.300. The van der Waals surface area contributed by atoms with Crippen LogP contribution in [0, 0.1) is 0 Å². The lowest BCUT2D eigenvalue weighted by molar-refractivity contribution is 0.181. The normalized spacial score (nSPS) is 19.2. The molecule has 18 heavy (non-hydrogen) atoms. The van der Waals surface area contributed by atoms with Gasteiger partial charge in [0, 0.05) is 42.1 Å². The van der Waals surface area contributed by atoms with E-state index in [4.69, 9.17) is 15.5 Å². The van der Waals surface area contributed by atoms with Crippen molar-refractivity contribution >= 4 is 28.2 Å². The molecule has 0 amide bonds. The molecule has 0 unspecified atom stereocenters. The first kappa shape index (κ1) is 14.1. The van der Waals surface area contributed by atoms with Crippen molar-refractivity contribution in [2.45, 2.75) is 31.7 Å². The molecule has 0 aromatic carbocycles. The summed E-state index contributed by atoms with van der Waals surface area (Å²) in [5.74, 6) is 1.16. The molecule has 2 N–H and O–H groups in total. The van der Waals surface area contributed by atoms with Crippen LogP contribution in [0.5, 0.6) is 0 Å². The fraction of sp³-hybridized carbons (Fsp3) is 0.750. The van der Waals surface area contributed by atoms with E-state index in [1.165, 1.54) is 0 Å². The van der Waals surface area contributed by atoms with Gasteiger partial charge in [-0.25, -0.2) is 4.98 Å². The minimum Gasteiger partial charge on any atom is -0.378 e. The molecule has 1 aliphatic rings. The highest BCUT2D eigenvalue weighted by Gasteiger charge is 2.29. The van der Waals surface area contributed by atoms with E-state index in [0.717, 1.165) is 34.5 Å². The zero-order chi connectivity index (χ0) is 13.2. The molecular weight excluding hydrogens is 266 g/mol. The second kappa shape index (κ2) is 5.77. The Labute approximate surface area is 117 Å². The Morgan fingerprint density at radius 3 is 2.89 bits per heavy atom. The molecule has 0 spiro atoms. The average molecular weight is 287 g/mol. The van der Waals surface area contributed by atoms with Crippen LogP contribution in [0.2, 0.25) is 0 Å². The Balaban J connectivity index is 2.17. The summed E-state index contributed by atoms with van der Waals surface area (Å²) in [6.45, 7) is 7.78. The fourth-order valence-electron chi connectivity index (χ4n) is 2.09. The first-order valence-corrected chi connectivity index (χ1v) is 7.92. The maximum Gasteiger partial charge on any atom is 0.185 e. The van der Waals surface area contributed by atoms with E-state index in [0.29, 0.717) is 17.9 Å². The van der Waals surface area contributed by atoms with Crippen LogP contribution in [-0.4, -0.2) is 35.7 Å². The van der Waals surface area contributed by atoms with Gasteiger partial charge in [0.25, 0.3) is 0 Å². The molecule has 0 aliphatic carbocycles. The lowest BCUT2D eigenvalue weighted by Gasteiger charge is -2.37. The van der Waals surface area contributed by atoms with E-state index in [-0.39, 0.29) is 0 Å². The summed E-state index contributed by atoms with van der Waals surface area (Å²) in [6.07, 6.45) is 0. The van der Waals surface area contributed by atoms with Crippen molar-refractivity contribution in [1.29, 1.82) is 0 Å². The summed E-state index contributed by atoms with van der Waals surface area (Å²) in [5, 5.41) is 1.09. The van der Waals surface area contributed by atoms with Crippen LogP contribution in [-0.2, 0) is 17.9 Å². The van der Waals surface area contributed by atoms with Gasteiger partial charge >= 0.3 is 0 Å². The van der Waals surface area contributed by atoms with Gasteiger partial charge in [0.2, 0.25) is 0 Å². The largest absolute Gasteiger partial charge is 0.378 e. The minimum absolute atomic E-state index is 0.300. The lowest BCUT2D eigenvalue weighted by Crippen LogP contribution is -2.43. The number of rotatable bonds is 4. The number of nitrogens with two attached hydrogens (primary N) is 1. The summed E-state index contributed by atoms with van der Waals surface area (Å²) >= 11 is 3.74. The Hall–Kier alpha value is -0.300. The molecule has 0 bridgehead atoms. The highest BCUT2D eigenvalue weighted by molar-refractivity contribution is 8.00. The molecule has 0 atom stereocenters. The van der Waals surface area contributed by atoms with Gasteiger partial charge in [0.15, 0.2) is 5.13 Å². The van der Waals surface area contributed by atoms with Crippen molar-refractivity contribution in [3.05, 3.63) is 10.6 Å². The summed E-state index contributed by atoms with van der Waals surface area (Å²) in [4.78, 5) is 8.21. The number of nitrogens with zero attached hydrogens (tertiary/aromatic N) is 2. The van der Waals surface area contributed by atoms with E-state index in [1.54, 1.807) is 18.4 Å². The first-order chi connectivity index (χ1) is 8.55. The number of ether oxygens (including phenoxy) is 1. The van der Waals surface area contributed by atoms with Crippen LogP contribution < -0.4 is 10.6 Å². The monoisotopic (exact) mass is 287 g/mol. The van der Waals surface area contributed by atoms with Crippen LogP contribution in [0.4, 0.5) is 5.13 Å². The van der Waals surface area contributed by atoms with Crippen LogP contribution in [0.15, 0.2) is 0 Å². The van der Waals surface area contributed by atoms with Crippen LogP contribution in [0.1, 0.15) is 24.4 Å².